The number of amides is 1. The third-order valence-corrected chi connectivity index (χ3v) is 2.74. The highest BCUT2D eigenvalue weighted by atomic mass is 16.5. The molecular formula is C12H14N2O4. The summed E-state index contributed by atoms with van der Waals surface area (Å²) in [5.74, 6) is -1.36. The molecule has 1 aliphatic rings. The normalized spacial score (nSPS) is 19.2. The number of carboxylic acids is 1. The lowest BCUT2D eigenvalue weighted by molar-refractivity contribution is 0.0623. The van der Waals surface area contributed by atoms with E-state index in [1.165, 1.54) is 18.3 Å². The third kappa shape index (κ3) is 3.04. The van der Waals surface area contributed by atoms with Crippen LogP contribution in [0.1, 0.15) is 33.7 Å². The zero-order valence-electron chi connectivity index (χ0n) is 9.76. The highest BCUT2D eigenvalue weighted by molar-refractivity contribution is 5.95. The standard InChI is InChI=1S/C12H14N2O4/c15-11(14-9-2-1-5-18-7-9)8-3-4-10(12(16)17)13-6-8/h3-4,6,9H,1-2,5,7H2,(H,14,15)(H,16,17). The number of rotatable bonds is 3. The molecule has 1 unspecified atom stereocenters. The molecule has 2 rings (SSSR count). The Kier molecular flexibility index (Phi) is 3.88. The molecule has 0 saturated carbocycles. The predicted octanol–water partition coefficient (Wildman–Crippen LogP) is 0.689. The van der Waals surface area contributed by atoms with Crippen molar-refractivity contribution in [1.29, 1.82) is 0 Å². The maximum Gasteiger partial charge on any atom is 0.354 e. The van der Waals surface area contributed by atoms with Crippen molar-refractivity contribution >= 4 is 11.9 Å². The second-order valence-corrected chi connectivity index (χ2v) is 4.12. The fraction of sp³-hybridized carbons (Fsp3) is 0.417. The first-order valence-electron chi connectivity index (χ1n) is 5.75. The van der Waals surface area contributed by atoms with E-state index in [1.807, 2.05) is 0 Å². The predicted molar refractivity (Wildman–Crippen MR) is 62.5 cm³/mol. The van der Waals surface area contributed by atoms with Crippen LogP contribution in [0, 0.1) is 0 Å². The van der Waals surface area contributed by atoms with Crippen molar-refractivity contribution in [2.24, 2.45) is 0 Å². The van der Waals surface area contributed by atoms with Crippen molar-refractivity contribution in [3.05, 3.63) is 29.6 Å². The summed E-state index contributed by atoms with van der Waals surface area (Å²) in [7, 11) is 0. The Morgan fingerprint density at radius 2 is 2.28 bits per heavy atom. The van der Waals surface area contributed by atoms with Gasteiger partial charge in [-0.15, -0.1) is 0 Å². The van der Waals surface area contributed by atoms with E-state index in [9.17, 15) is 9.59 Å². The van der Waals surface area contributed by atoms with Gasteiger partial charge in [0.1, 0.15) is 5.69 Å². The summed E-state index contributed by atoms with van der Waals surface area (Å²) in [6, 6.07) is 2.79. The van der Waals surface area contributed by atoms with Gasteiger partial charge in [0.15, 0.2) is 0 Å². The topological polar surface area (TPSA) is 88.5 Å². The Hall–Kier alpha value is -1.95. The van der Waals surface area contributed by atoms with Crippen molar-refractivity contribution in [2.45, 2.75) is 18.9 Å². The van der Waals surface area contributed by atoms with Crippen LogP contribution < -0.4 is 5.32 Å². The van der Waals surface area contributed by atoms with Crippen LogP contribution in [-0.2, 0) is 4.74 Å². The monoisotopic (exact) mass is 250 g/mol. The SMILES string of the molecule is O=C(NC1CCCOC1)c1ccc(C(=O)O)nc1. The van der Waals surface area contributed by atoms with E-state index in [0.717, 1.165) is 19.4 Å². The fourth-order valence-electron chi connectivity index (χ4n) is 1.78. The van der Waals surface area contributed by atoms with Gasteiger partial charge in [0.25, 0.3) is 5.91 Å². The molecule has 1 aromatic rings. The number of nitrogens with one attached hydrogen (secondary N) is 1. The number of carbonyl (C=O) groups excluding carboxylic acids is 1. The van der Waals surface area contributed by atoms with Crippen molar-refractivity contribution in [1.82, 2.24) is 10.3 Å². The number of ether oxygens (including phenoxy) is 1. The molecule has 0 spiro atoms. The van der Waals surface area contributed by atoms with Crippen LogP contribution in [-0.4, -0.2) is 41.2 Å². The minimum absolute atomic E-state index is 0.0189. The quantitative estimate of drug-likeness (QED) is 0.823. The molecule has 0 bridgehead atoms. The summed E-state index contributed by atoms with van der Waals surface area (Å²) in [6.07, 6.45) is 3.09. The van der Waals surface area contributed by atoms with Gasteiger partial charge in [0, 0.05) is 12.8 Å². The molecule has 1 atom stereocenters. The lowest BCUT2D eigenvalue weighted by Crippen LogP contribution is -2.40. The lowest BCUT2D eigenvalue weighted by Gasteiger charge is -2.23. The number of hydrogen-bond acceptors (Lipinski definition) is 4. The summed E-state index contributed by atoms with van der Waals surface area (Å²) in [5.41, 5.74) is 0.276. The summed E-state index contributed by atoms with van der Waals surface area (Å²) in [5, 5.41) is 11.5. The molecule has 1 aromatic heterocycles. The summed E-state index contributed by atoms with van der Waals surface area (Å²) < 4.78 is 5.26. The van der Waals surface area contributed by atoms with E-state index in [-0.39, 0.29) is 17.6 Å². The minimum atomic E-state index is -1.11. The van der Waals surface area contributed by atoms with Crippen LogP contribution >= 0.6 is 0 Å². The van der Waals surface area contributed by atoms with E-state index >= 15 is 0 Å². The zero-order valence-corrected chi connectivity index (χ0v) is 9.76. The van der Waals surface area contributed by atoms with Crippen LogP contribution in [0.3, 0.4) is 0 Å². The largest absolute Gasteiger partial charge is 0.477 e. The van der Waals surface area contributed by atoms with Gasteiger partial charge in [-0.1, -0.05) is 0 Å². The Bertz CT molecular complexity index is 438. The van der Waals surface area contributed by atoms with Gasteiger partial charge >= 0.3 is 5.97 Å². The van der Waals surface area contributed by atoms with Crippen molar-refractivity contribution in [2.75, 3.05) is 13.2 Å². The molecule has 6 nitrogen and oxygen atoms in total. The minimum Gasteiger partial charge on any atom is -0.477 e. The molecule has 1 saturated heterocycles. The average molecular weight is 250 g/mol. The van der Waals surface area contributed by atoms with Crippen LogP contribution in [0.25, 0.3) is 0 Å². The van der Waals surface area contributed by atoms with Gasteiger partial charge in [-0.25, -0.2) is 9.78 Å². The Labute approximate surface area is 104 Å². The second kappa shape index (κ2) is 5.59. The molecule has 1 amide bonds. The van der Waals surface area contributed by atoms with Crippen molar-refractivity contribution < 1.29 is 19.4 Å². The molecule has 1 fully saturated rings. The molecular weight excluding hydrogens is 236 g/mol. The zero-order chi connectivity index (χ0) is 13.0. The molecule has 18 heavy (non-hydrogen) atoms. The smallest absolute Gasteiger partial charge is 0.354 e. The van der Waals surface area contributed by atoms with Crippen LogP contribution in [0.2, 0.25) is 0 Å². The van der Waals surface area contributed by atoms with Gasteiger partial charge in [0.2, 0.25) is 0 Å². The van der Waals surface area contributed by atoms with Crippen molar-refractivity contribution in [3.63, 3.8) is 0 Å². The Morgan fingerprint density at radius 1 is 1.44 bits per heavy atom. The number of nitrogens with zero attached hydrogens (tertiary/aromatic N) is 1. The number of carbonyl (C=O) groups is 2. The Balaban J connectivity index is 1.97. The van der Waals surface area contributed by atoms with Gasteiger partial charge < -0.3 is 15.2 Å². The number of aromatic carboxylic acids is 1. The maximum atomic E-state index is 11.8. The Morgan fingerprint density at radius 3 is 2.83 bits per heavy atom. The van der Waals surface area contributed by atoms with E-state index in [0.29, 0.717) is 12.2 Å². The molecule has 6 heteroatoms. The number of pyridine rings is 1. The fourth-order valence-corrected chi connectivity index (χ4v) is 1.78. The van der Waals surface area contributed by atoms with Crippen LogP contribution in [0.15, 0.2) is 18.3 Å². The van der Waals surface area contributed by atoms with Gasteiger partial charge in [-0.3, -0.25) is 4.79 Å². The first-order valence-corrected chi connectivity index (χ1v) is 5.75. The average Bonchev–Trinajstić information content (AvgIpc) is 2.40. The molecule has 2 N–H and O–H groups in total. The van der Waals surface area contributed by atoms with E-state index in [2.05, 4.69) is 10.3 Å². The second-order valence-electron chi connectivity index (χ2n) is 4.12. The molecule has 0 aliphatic carbocycles. The van der Waals surface area contributed by atoms with Crippen molar-refractivity contribution in [3.8, 4) is 0 Å². The molecule has 2 heterocycles. The number of carboxylic acid groups (broad SMARTS) is 1. The third-order valence-electron chi connectivity index (χ3n) is 2.74. The van der Waals surface area contributed by atoms with Crippen LogP contribution in [0.5, 0.6) is 0 Å². The van der Waals surface area contributed by atoms with Gasteiger partial charge in [0.05, 0.1) is 18.2 Å². The van der Waals surface area contributed by atoms with Gasteiger partial charge in [-0.2, -0.15) is 0 Å². The van der Waals surface area contributed by atoms with E-state index in [4.69, 9.17) is 9.84 Å². The number of hydrogen-bond donors (Lipinski definition) is 2. The first kappa shape index (κ1) is 12.5. The highest BCUT2D eigenvalue weighted by Crippen LogP contribution is 2.07. The molecule has 1 aliphatic heterocycles. The summed E-state index contributed by atoms with van der Waals surface area (Å²) >= 11 is 0. The first-order chi connectivity index (χ1) is 8.66. The highest BCUT2D eigenvalue weighted by Gasteiger charge is 2.17. The lowest BCUT2D eigenvalue weighted by atomic mass is 10.1. The van der Waals surface area contributed by atoms with Crippen LogP contribution in [0.4, 0.5) is 0 Å². The van der Waals surface area contributed by atoms with E-state index in [1.54, 1.807) is 0 Å². The molecule has 0 radical (unpaired) electrons. The van der Waals surface area contributed by atoms with E-state index < -0.39 is 5.97 Å². The number of aromatic nitrogens is 1. The molecule has 96 valence electrons. The van der Waals surface area contributed by atoms with Gasteiger partial charge in [-0.05, 0) is 25.0 Å². The maximum absolute atomic E-state index is 11.8. The molecule has 0 aromatic carbocycles. The summed E-state index contributed by atoms with van der Waals surface area (Å²) in [6.45, 7) is 1.26. The summed E-state index contributed by atoms with van der Waals surface area (Å²) in [4.78, 5) is 26.2.